The van der Waals surface area contributed by atoms with Crippen LogP contribution in [0.4, 0.5) is 4.39 Å². The Labute approximate surface area is 164 Å². The number of hydrogen-bond acceptors (Lipinski definition) is 3. The van der Waals surface area contributed by atoms with Crippen molar-refractivity contribution in [2.75, 3.05) is 0 Å². The number of carbonyl (C=O) groups excluding carboxylic acids is 1. The first kappa shape index (κ1) is 18.5. The Bertz CT molecular complexity index is 939. The number of amides is 1. The lowest BCUT2D eigenvalue weighted by Crippen LogP contribution is -2.25. The van der Waals surface area contributed by atoms with Crippen LogP contribution in [-0.2, 0) is 24.3 Å². The predicted octanol–water partition coefficient (Wildman–Crippen LogP) is 4.55. The Balaban J connectivity index is 1.39. The quantitative estimate of drug-likeness (QED) is 0.728. The average molecular weight is 377 g/mol. The molecule has 1 unspecified atom stereocenters. The highest BCUT2D eigenvalue weighted by atomic mass is 19.1. The fraction of sp³-hybridized carbons (Fsp3) is 0.348. The molecule has 28 heavy (non-hydrogen) atoms. The van der Waals surface area contributed by atoms with Gasteiger partial charge in [-0.1, -0.05) is 31.2 Å². The molecule has 2 aliphatic heterocycles. The van der Waals surface area contributed by atoms with Gasteiger partial charge >= 0.3 is 0 Å². The molecule has 0 saturated carbocycles. The van der Waals surface area contributed by atoms with Crippen LogP contribution in [-0.4, -0.2) is 29.4 Å². The van der Waals surface area contributed by atoms with Crippen LogP contribution < -0.4 is 0 Å². The number of halogens is 1. The first-order valence-corrected chi connectivity index (χ1v) is 9.87. The lowest BCUT2D eigenvalue weighted by atomic mass is 9.99. The average Bonchev–Trinajstić information content (AvgIpc) is 3.36. The highest BCUT2D eigenvalue weighted by Gasteiger charge is 2.23. The number of aryl methyl sites for hydroxylation is 1. The van der Waals surface area contributed by atoms with Gasteiger partial charge in [0.05, 0.1) is 6.04 Å². The van der Waals surface area contributed by atoms with Gasteiger partial charge in [-0.25, -0.2) is 9.38 Å². The van der Waals surface area contributed by atoms with E-state index >= 15 is 0 Å². The fourth-order valence-corrected chi connectivity index (χ4v) is 3.83. The maximum absolute atomic E-state index is 14.1. The van der Waals surface area contributed by atoms with Crippen molar-refractivity contribution in [3.63, 3.8) is 0 Å². The molecule has 1 atom stereocenters. The third-order valence-corrected chi connectivity index (χ3v) is 5.52. The summed E-state index contributed by atoms with van der Waals surface area (Å²) in [6.45, 7) is 3.23. The Morgan fingerprint density at radius 2 is 1.93 bits per heavy atom. The van der Waals surface area contributed by atoms with Crippen molar-refractivity contribution in [2.24, 2.45) is 9.98 Å². The van der Waals surface area contributed by atoms with Crippen molar-refractivity contribution in [3.8, 4) is 11.1 Å². The summed E-state index contributed by atoms with van der Waals surface area (Å²) in [5, 5.41) is 0. The summed E-state index contributed by atoms with van der Waals surface area (Å²) < 4.78 is 14.1. The van der Waals surface area contributed by atoms with Crippen molar-refractivity contribution >= 4 is 18.5 Å². The molecule has 2 aromatic rings. The van der Waals surface area contributed by atoms with E-state index in [-0.39, 0.29) is 17.8 Å². The van der Waals surface area contributed by atoms with Gasteiger partial charge in [0, 0.05) is 25.7 Å². The number of fused-ring (bicyclic) bond motifs is 1. The maximum atomic E-state index is 14.1. The van der Waals surface area contributed by atoms with Gasteiger partial charge in [0.25, 0.3) is 0 Å². The Kier molecular flexibility index (Phi) is 5.33. The van der Waals surface area contributed by atoms with Crippen molar-refractivity contribution in [1.29, 1.82) is 0 Å². The first-order chi connectivity index (χ1) is 13.6. The zero-order valence-electron chi connectivity index (χ0n) is 16.1. The third-order valence-electron chi connectivity index (χ3n) is 5.52. The van der Waals surface area contributed by atoms with Gasteiger partial charge in [-0.2, -0.15) is 0 Å². The second kappa shape index (κ2) is 8.05. The van der Waals surface area contributed by atoms with Crippen LogP contribution in [0.5, 0.6) is 0 Å². The minimum Gasteiger partial charge on any atom is -0.334 e. The summed E-state index contributed by atoms with van der Waals surface area (Å²) in [4.78, 5) is 22.7. The Morgan fingerprint density at radius 3 is 2.68 bits per heavy atom. The number of rotatable bonds is 6. The normalized spacial score (nSPS) is 17.4. The summed E-state index contributed by atoms with van der Waals surface area (Å²) in [6, 6.07) is 11.7. The van der Waals surface area contributed by atoms with Gasteiger partial charge in [0.1, 0.15) is 12.2 Å². The van der Waals surface area contributed by atoms with Crippen LogP contribution in [0.15, 0.2) is 46.4 Å². The molecule has 0 aliphatic carbocycles. The summed E-state index contributed by atoms with van der Waals surface area (Å²) >= 11 is 0. The van der Waals surface area contributed by atoms with Crippen LogP contribution >= 0.6 is 0 Å². The number of hydrogen-bond donors (Lipinski definition) is 0. The first-order valence-electron chi connectivity index (χ1n) is 9.87. The Hall–Kier alpha value is -2.82. The van der Waals surface area contributed by atoms with Crippen LogP contribution in [0.2, 0.25) is 0 Å². The van der Waals surface area contributed by atoms with Gasteiger partial charge in [0.2, 0.25) is 5.91 Å². The number of carbonyl (C=O) groups is 1. The third kappa shape index (κ3) is 3.88. The van der Waals surface area contributed by atoms with E-state index in [1.165, 1.54) is 5.56 Å². The number of aliphatic imine (C=N–C) groups is 2. The molecule has 0 radical (unpaired) electrons. The summed E-state index contributed by atoms with van der Waals surface area (Å²) in [6.07, 6.45) is 6.29. The van der Waals surface area contributed by atoms with E-state index in [0.29, 0.717) is 25.9 Å². The van der Waals surface area contributed by atoms with Gasteiger partial charge in [-0.05, 0) is 59.2 Å². The summed E-state index contributed by atoms with van der Waals surface area (Å²) in [5.41, 5.74) is 4.93. The molecule has 0 spiro atoms. The molecule has 0 aromatic heterocycles. The molecule has 0 N–H and O–H groups in total. The summed E-state index contributed by atoms with van der Waals surface area (Å²) in [7, 11) is 0. The molecule has 2 heterocycles. The van der Waals surface area contributed by atoms with Gasteiger partial charge in [0.15, 0.2) is 0 Å². The molecule has 4 nitrogen and oxygen atoms in total. The van der Waals surface area contributed by atoms with E-state index in [2.05, 4.69) is 22.1 Å². The lowest BCUT2D eigenvalue weighted by molar-refractivity contribution is -0.131. The molecular formula is C23H24FN3O. The number of nitrogens with zero attached hydrogens (tertiary/aromatic N) is 3. The van der Waals surface area contributed by atoms with Crippen LogP contribution in [0.1, 0.15) is 42.9 Å². The standard InChI is InChI=1S/C23H24FN3O/c1-2-16-6-7-18(11-22(16)24)17-8-9-19-13-27(14-20(19)10-17)23(28)5-3-4-21-12-25-15-26-21/h6-12,15,21H,2-5,13-14H2,1H3. The Morgan fingerprint density at radius 1 is 1.14 bits per heavy atom. The minimum absolute atomic E-state index is 0.130. The highest BCUT2D eigenvalue weighted by molar-refractivity contribution is 5.82. The molecule has 1 amide bonds. The molecule has 4 rings (SSSR count). The van der Waals surface area contributed by atoms with Crippen LogP contribution in [0, 0.1) is 5.82 Å². The monoisotopic (exact) mass is 377 g/mol. The highest BCUT2D eigenvalue weighted by Crippen LogP contribution is 2.30. The van der Waals surface area contributed by atoms with Gasteiger partial charge in [-0.3, -0.25) is 9.79 Å². The van der Waals surface area contributed by atoms with E-state index < -0.39 is 0 Å². The summed E-state index contributed by atoms with van der Waals surface area (Å²) in [5.74, 6) is 0.0175. The minimum atomic E-state index is -0.158. The fourth-order valence-electron chi connectivity index (χ4n) is 3.83. The topological polar surface area (TPSA) is 45.0 Å². The lowest BCUT2D eigenvalue weighted by Gasteiger charge is -2.15. The van der Waals surface area contributed by atoms with E-state index in [0.717, 1.165) is 35.1 Å². The van der Waals surface area contributed by atoms with Crippen molar-refractivity contribution in [3.05, 3.63) is 58.9 Å². The second-order valence-electron chi connectivity index (χ2n) is 7.42. The zero-order chi connectivity index (χ0) is 19.5. The van der Waals surface area contributed by atoms with E-state index in [4.69, 9.17) is 0 Å². The maximum Gasteiger partial charge on any atom is 0.223 e. The molecule has 144 valence electrons. The molecular weight excluding hydrogens is 353 g/mol. The molecule has 0 bridgehead atoms. The van der Waals surface area contributed by atoms with E-state index in [9.17, 15) is 9.18 Å². The largest absolute Gasteiger partial charge is 0.334 e. The van der Waals surface area contributed by atoms with Crippen LogP contribution in [0.25, 0.3) is 11.1 Å². The molecule has 2 aromatic carbocycles. The van der Waals surface area contributed by atoms with Crippen LogP contribution in [0.3, 0.4) is 0 Å². The van der Waals surface area contributed by atoms with Crippen molar-refractivity contribution < 1.29 is 9.18 Å². The van der Waals surface area contributed by atoms with Gasteiger partial charge < -0.3 is 4.90 Å². The van der Waals surface area contributed by atoms with Crippen molar-refractivity contribution in [2.45, 2.75) is 51.7 Å². The smallest absolute Gasteiger partial charge is 0.223 e. The number of benzene rings is 2. The van der Waals surface area contributed by atoms with E-state index in [1.807, 2.05) is 36.2 Å². The van der Waals surface area contributed by atoms with Gasteiger partial charge in [-0.15, -0.1) is 0 Å². The SMILES string of the molecule is CCc1ccc(-c2ccc3c(c2)CN(C(=O)CCCC2C=NC=N2)C3)cc1F. The predicted molar refractivity (Wildman–Crippen MR) is 110 cm³/mol. The van der Waals surface area contributed by atoms with Crippen molar-refractivity contribution in [1.82, 2.24) is 4.90 Å². The molecule has 0 fully saturated rings. The molecule has 2 aliphatic rings. The van der Waals surface area contributed by atoms with E-state index in [1.54, 1.807) is 12.4 Å². The molecule has 5 heteroatoms. The molecule has 0 saturated heterocycles. The zero-order valence-corrected chi connectivity index (χ0v) is 16.1. The second-order valence-corrected chi connectivity index (χ2v) is 7.42.